The van der Waals surface area contributed by atoms with Crippen LogP contribution in [-0.2, 0) is 4.79 Å². The Hall–Kier alpha value is -0.850. The second-order valence-electron chi connectivity index (χ2n) is 11.7. The number of rotatable bonds is 32. The van der Waals surface area contributed by atoms with Gasteiger partial charge in [0.1, 0.15) is 0 Å². The second kappa shape index (κ2) is 33.2. The molecule has 0 heterocycles. The molecule has 1 heteroatoms. The van der Waals surface area contributed by atoms with Crippen molar-refractivity contribution in [2.45, 2.75) is 200 Å². The fourth-order valence-corrected chi connectivity index (χ4v) is 5.38. The summed E-state index contributed by atoms with van der Waals surface area (Å²) in [6.45, 7) is 5.78. The Morgan fingerprint density at radius 3 is 0.919 bits per heavy atom. The van der Waals surface area contributed by atoms with Crippen molar-refractivity contribution in [3.63, 3.8) is 0 Å². The lowest BCUT2D eigenvalue weighted by Crippen LogP contribution is -1.85. The summed E-state index contributed by atoms with van der Waals surface area (Å²) >= 11 is 0. The highest BCUT2D eigenvalue weighted by Crippen LogP contribution is 2.16. The van der Waals surface area contributed by atoms with Crippen molar-refractivity contribution >= 4 is 5.78 Å². The minimum Gasteiger partial charge on any atom is -0.290 e. The second-order valence-corrected chi connectivity index (χ2v) is 11.7. The maximum absolute atomic E-state index is 11.1. The zero-order chi connectivity index (χ0) is 26.9. The lowest BCUT2D eigenvalue weighted by Gasteiger charge is -2.04. The molecule has 0 saturated heterocycles. The minimum absolute atomic E-state index is 0.0235. The van der Waals surface area contributed by atoms with Gasteiger partial charge >= 0.3 is 0 Å². The first kappa shape index (κ1) is 36.1. The third kappa shape index (κ3) is 33.1. The molecule has 0 aliphatic rings. The lowest BCUT2D eigenvalue weighted by molar-refractivity contribution is -0.110. The number of carbonyl (C=O) groups is 1. The van der Waals surface area contributed by atoms with Gasteiger partial charge in [0.2, 0.25) is 0 Å². The summed E-state index contributed by atoms with van der Waals surface area (Å²) in [6, 6.07) is 0. The van der Waals surface area contributed by atoms with Crippen LogP contribution in [0.1, 0.15) is 200 Å². The molecule has 0 fully saturated rings. The Morgan fingerprint density at radius 1 is 0.432 bits per heavy atom. The van der Waals surface area contributed by atoms with E-state index in [4.69, 9.17) is 0 Å². The van der Waals surface area contributed by atoms with Gasteiger partial charge in [-0.1, -0.05) is 199 Å². The average Bonchev–Trinajstić information content (AvgIpc) is 2.91. The normalized spacial score (nSPS) is 11.5. The minimum atomic E-state index is 0.0235. The van der Waals surface area contributed by atoms with Gasteiger partial charge in [0.25, 0.3) is 0 Å². The monoisotopic (exact) mass is 517 g/mol. The third-order valence-corrected chi connectivity index (χ3v) is 7.96. The van der Waals surface area contributed by atoms with E-state index in [1.54, 1.807) is 6.08 Å². The zero-order valence-corrected chi connectivity index (χ0v) is 25.6. The fraction of sp³-hybridized carbons (Fsp3) is 0.861. The number of ketones is 1. The van der Waals surface area contributed by atoms with Crippen molar-refractivity contribution in [1.82, 2.24) is 0 Å². The van der Waals surface area contributed by atoms with E-state index in [1.807, 2.05) is 6.08 Å². The molecule has 0 spiro atoms. The van der Waals surface area contributed by atoms with E-state index in [0.717, 1.165) is 6.42 Å². The van der Waals surface area contributed by atoms with Crippen LogP contribution in [0.3, 0.4) is 0 Å². The van der Waals surface area contributed by atoms with Crippen LogP contribution in [0.15, 0.2) is 24.8 Å². The quantitative estimate of drug-likeness (QED) is 0.0641. The molecular formula is C36H68O. The van der Waals surface area contributed by atoms with Crippen LogP contribution in [0.25, 0.3) is 0 Å². The molecule has 0 aliphatic heterocycles. The molecule has 0 aromatic carbocycles. The van der Waals surface area contributed by atoms with E-state index in [0.29, 0.717) is 0 Å². The van der Waals surface area contributed by atoms with Crippen LogP contribution >= 0.6 is 0 Å². The Labute approximate surface area is 234 Å². The summed E-state index contributed by atoms with van der Waals surface area (Å²) < 4.78 is 0. The van der Waals surface area contributed by atoms with Crippen molar-refractivity contribution in [1.29, 1.82) is 0 Å². The molecule has 0 N–H and O–H groups in total. The Bertz CT molecular complexity index is 477. The predicted molar refractivity (Wildman–Crippen MR) is 169 cm³/mol. The highest BCUT2D eigenvalue weighted by atomic mass is 16.1. The number of allylic oxidation sites excluding steroid dienone is 3. The first-order valence-corrected chi connectivity index (χ1v) is 17.1. The topological polar surface area (TPSA) is 17.1 Å². The predicted octanol–water partition coefficient (Wildman–Crippen LogP) is 13.0. The van der Waals surface area contributed by atoms with Gasteiger partial charge in [-0.3, -0.25) is 4.79 Å². The molecule has 0 amide bonds. The fourth-order valence-electron chi connectivity index (χ4n) is 5.38. The molecule has 0 atom stereocenters. The molecular weight excluding hydrogens is 448 g/mol. The smallest absolute Gasteiger partial charge is 0.177 e. The Balaban J connectivity index is 3.06. The SMILES string of the molecule is C=CC(=O)C=CCCCCCCCCCCCCCCCCCCCCCCCCCCCCCCC. The zero-order valence-electron chi connectivity index (χ0n) is 25.6. The van der Waals surface area contributed by atoms with Gasteiger partial charge in [-0.25, -0.2) is 0 Å². The maximum atomic E-state index is 11.1. The number of hydrogen-bond donors (Lipinski definition) is 0. The van der Waals surface area contributed by atoms with Gasteiger partial charge in [0, 0.05) is 0 Å². The van der Waals surface area contributed by atoms with Gasteiger partial charge in [-0.15, -0.1) is 0 Å². The Kier molecular flexibility index (Phi) is 32.4. The van der Waals surface area contributed by atoms with Gasteiger partial charge in [0.05, 0.1) is 0 Å². The van der Waals surface area contributed by atoms with Crippen LogP contribution in [0.5, 0.6) is 0 Å². The summed E-state index contributed by atoms with van der Waals surface area (Å²) in [5.74, 6) is 0.0235. The van der Waals surface area contributed by atoms with Crippen LogP contribution < -0.4 is 0 Å². The lowest BCUT2D eigenvalue weighted by atomic mass is 10.0. The molecule has 0 aromatic rings. The van der Waals surface area contributed by atoms with Crippen LogP contribution in [0.4, 0.5) is 0 Å². The summed E-state index contributed by atoms with van der Waals surface area (Å²) in [4.78, 5) is 11.1. The highest BCUT2D eigenvalue weighted by Gasteiger charge is 1.97. The van der Waals surface area contributed by atoms with Gasteiger partial charge in [-0.2, -0.15) is 0 Å². The van der Waals surface area contributed by atoms with E-state index in [2.05, 4.69) is 13.5 Å². The summed E-state index contributed by atoms with van der Waals surface area (Å²) in [5.41, 5.74) is 0. The van der Waals surface area contributed by atoms with E-state index < -0.39 is 0 Å². The van der Waals surface area contributed by atoms with Crippen LogP contribution in [0, 0.1) is 0 Å². The molecule has 1 nitrogen and oxygen atoms in total. The molecule has 0 unspecified atom stereocenters. The molecule has 0 bridgehead atoms. The molecule has 0 saturated carbocycles. The van der Waals surface area contributed by atoms with Crippen molar-refractivity contribution in [3.05, 3.63) is 24.8 Å². The largest absolute Gasteiger partial charge is 0.290 e. The summed E-state index contributed by atoms with van der Waals surface area (Å²) in [7, 11) is 0. The van der Waals surface area contributed by atoms with E-state index in [-0.39, 0.29) is 5.78 Å². The maximum Gasteiger partial charge on any atom is 0.177 e. The molecule has 0 aliphatic carbocycles. The molecule has 218 valence electrons. The van der Waals surface area contributed by atoms with Gasteiger partial charge < -0.3 is 0 Å². The van der Waals surface area contributed by atoms with Gasteiger partial charge in [-0.05, 0) is 25.0 Å². The molecule has 0 radical (unpaired) electrons. The first-order chi connectivity index (χ1) is 18.3. The average molecular weight is 517 g/mol. The van der Waals surface area contributed by atoms with E-state index in [1.165, 1.54) is 192 Å². The Morgan fingerprint density at radius 2 is 0.676 bits per heavy atom. The number of hydrogen-bond acceptors (Lipinski definition) is 1. The van der Waals surface area contributed by atoms with Crippen molar-refractivity contribution in [3.8, 4) is 0 Å². The summed E-state index contributed by atoms with van der Waals surface area (Å²) in [6.07, 6.45) is 47.8. The highest BCUT2D eigenvalue weighted by molar-refractivity contribution is 5.98. The molecule has 0 aromatic heterocycles. The van der Waals surface area contributed by atoms with Crippen LogP contribution in [0.2, 0.25) is 0 Å². The van der Waals surface area contributed by atoms with Gasteiger partial charge in [0.15, 0.2) is 5.78 Å². The van der Waals surface area contributed by atoms with Crippen molar-refractivity contribution < 1.29 is 4.79 Å². The van der Waals surface area contributed by atoms with Crippen molar-refractivity contribution in [2.75, 3.05) is 0 Å². The number of carbonyl (C=O) groups excluding carboxylic acids is 1. The van der Waals surface area contributed by atoms with Crippen LogP contribution in [-0.4, -0.2) is 5.78 Å². The standard InChI is InChI=1S/C36H68O/c1-3-5-6-7-8-9-10-11-12-13-14-15-16-17-18-19-20-21-22-23-24-25-26-27-28-29-30-31-32-33-34-35-36(37)4-2/h4,34-35H,2-3,5-33H2,1H3. The number of unbranched alkanes of at least 4 members (excludes halogenated alkanes) is 29. The van der Waals surface area contributed by atoms with Crippen molar-refractivity contribution in [2.24, 2.45) is 0 Å². The first-order valence-electron chi connectivity index (χ1n) is 17.1. The summed E-state index contributed by atoms with van der Waals surface area (Å²) in [5, 5.41) is 0. The third-order valence-electron chi connectivity index (χ3n) is 7.96. The molecule has 37 heavy (non-hydrogen) atoms. The van der Waals surface area contributed by atoms with E-state index >= 15 is 0 Å². The van der Waals surface area contributed by atoms with E-state index in [9.17, 15) is 4.79 Å². The molecule has 0 rings (SSSR count).